The van der Waals surface area contributed by atoms with Crippen molar-refractivity contribution in [3.05, 3.63) is 68.2 Å². The fourth-order valence-electron chi connectivity index (χ4n) is 2.28. The minimum absolute atomic E-state index is 0.203. The van der Waals surface area contributed by atoms with E-state index in [4.69, 9.17) is 5.11 Å². The largest absolute Gasteiger partial charge is 0.502 e. The Morgan fingerprint density at radius 2 is 1.91 bits per heavy atom. The Bertz CT molecular complexity index is 717. The third kappa shape index (κ3) is 3.43. The normalized spacial score (nSPS) is 11.9. The summed E-state index contributed by atoms with van der Waals surface area (Å²) in [6.45, 7) is 0. The average molecular weight is 366 g/mol. The van der Waals surface area contributed by atoms with E-state index < -0.39 is 28.2 Å². The fourth-order valence-corrected chi connectivity index (χ4v) is 2.74. The van der Waals surface area contributed by atoms with E-state index >= 15 is 0 Å². The SMILES string of the molecule is O=C(O)CC(c1ccccc1)c1cc(Br)cc([N+](=O)[O-])c1O. The van der Waals surface area contributed by atoms with E-state index in [0.717, 1.165) is 0 Å². The van der Waals surface area contributed by atoms with Crippen LogP contribution in [0.2, 0.25) is 0 Å². The van der Waals surface area contributed by atoms with Crippen LogP contribution in [0.15, 0.2) is 46.9 Å². The van der Waals surface area contributed by atoms with Crippen molar-refractivity contribution in [2.45, 2.75) is 12.3 Å². The second kappa shape index (κ2) is 6.57. The molecule has 1 unspecified atom stereocenters. The number of carbonyl (C=O) groups is 1. The van der Waals surface area contributed by atoms with Gasteiger partial charge >= 0.3 is 11.7 Å². The highest BCUT2D eigenvalue weighted by atomic mass is 79.9. The number of nitro groups is 1. The van der Waals surface area contributed by atoms with Gasteiger partial charge in [-0.05, 0) is 11.6 Å². The van der Waals surface area contributed by atoms with Crippen molar-refractivity contribution in [1.82, 2.24) is 0 Å². The molecule has 0 aromatic heterocycles. The summed E-state index contributed by atoms with van der Waals surface area (Å²) in [6, 6.07) is 11.4. The summed E-state index contributed by atoms with van der Waals surface area (Å²) in [4.78, 5) is 21.5. The number of aliphatic carboxylic acids is 1. The Morgan fingerprint density at radius 3 is 2.45 bits per heavy atom. The standard InChI is InChI=1S/C15H12BrNO5/c16-10-6-12(15(20)13(7-10)17(21)22)11(8-14(18)19)9-4-2-1-3-5-9/h1-7,11,20H,8H2,(H,18,19). The molecule has 0 bridgehead atoms. The average Bonchev–Trinajstić information content (AvgIpc) is 2.47. The Balaban J connectivity index is 2.62. The maximum atomic E-state index is 11.1. The molecule has 114 valence electrons. The summed E-state index contributed by atoms with van der Waals surface area (Å²) >= 11 is 3.16. The number of phenols is 1. The lowest BCUT2D eigenvalue weighted by atomic mass is 9.87. The summed E-state index contributed by atoms with van der Waals surface area (Å²) < 4.78 is 0.401. The summed E-state index contributed by atoms with van der Waals surface area (Å²) in [5, 5.41) is 30.3. The Kier molecular flexibility index (Phi) is 4.77. The molecule has 0 saturated heterocycles. The maximum absolute atomic E-state index is 11.1. The number of hydrogen-bond donors (Lipinski definition) is 2. The minimum Gasteiger partial charge on any atom is -0.502 e. The van der Waals surface area contributed by atoms with Gasteiger partial charge in [0.25, 0.3) is 0 Å². The molecule has 6 nitrogen and oxygen atoms in total. The van der Waals surface area contributed by atoms with Crippen LogP contribution in [0.25, 0.3) is 0 Å². The second-order valence-corrected chi connectivity index (χ2v) is 5.60. The number of carboxylic acid groups (broad SMARTS) is 1. The summed E-state index contributed by atoms with van der Waals surface area (Å²) in [6.07, 6.45) is -0.287. The van der Waals surface area contributed by atoms with Crippen LogP contribution >= 0.6 is 15.9 Å². The van der Waals surface area contributed by atoms with Crippen LogP contribution in [0.5, 0.6) is 5.75 Å². The minimum atomic E-state index is -1.06. The topological polar surface area (TPSA) is 101 Å². The van der Waals surface area contributed by atoms with Crippen LogP contribution in [0.1, 0.15) is 23.5 Å². The van der Waals surface area contributed by atoms with Gasteiger partial charge in [-0.25, -0.2) is 0 Å². The number of carboxylic acids is 1. The molecule has 0 amide bonds. The van der Waals surface area contributed by atoms with E-state index in [0.29, 0.717) is 10.0 Å². The fraction of sp³-hybridized carbons (Fsp3) is 0.133. The summed E-state index contributed by atoms with van der Waals surface area (Å²) in [7, 11) is 0. The van der Waals surface area contributed by atoms with Gasteiger partial charge in [-0.15, -0.1) is 0 Å². The summed E-state index contributed by atoms with van der Waals surface area (Å²) in [5.41, 5.74) is 0.401. The molecule has 0 aliphatic carbocycles. The van der Waals surface area contributed by atoms with Crippen LogP contribution in [0.4, 0.5) is 5.69 Å². The molecule has 22 heavy (non-hydrogen) atoms. The first kappa shape index (κ1) is 16.0. The van der Waals surface area contributed by atoms with Crippen LogP contribution in [0.3, 0.4) is 0 Å². The Morgan fingerprint density at radius 1 is 1.27 bits per heavy atom. The predicted octanol–water partition coefficient (Wildman–Crippen LogP) is 3.67. The molecular formula is C15H12BrNO5. The van der Waals surface area contributed by atoms with Gasteiger partial charge in [-0.3, -0.25) is 14.9 Å². The lowest BCUT2D eigenvalue weighted by Crippen LogP contribution is -2.09. The van der Waals surface area contributed by atoms with Crippen molar-refractivity contribution in [3.63, 3.8) is 0 Å². The number of benzene rings is 2. The van der Waals surface area contributed by atoms with Gasteiger partial charge in [-0.1, -0.05) is 46.3 Å². The number of phenolic OH excluding ortho intramolecular Hbond substituents is 1. The first-order valence-corrected chi connectivity index (χ1v) is 7.13. The molecule has 0 fully saturated rings. The third-order valence-corrected chi connectivity index (χ3v) is 3.69. The van der Waals surface area contributed by atoms with Gasteiger partial charge in [0.1, 0.15) is 0 Å². The molecule has 2 aromatic rings. The van der Waals surface area contributed by atoms with Crippen LogP contribution < -0.4 is 0 Å². The van der Waals surface area contributed by atoms with E-state index in [1.165, 1.54) is 12.1 Å². The summed E-state index contributed by atoms with van der Waals surface area (Å²) in [5.74, 6) is -2.26. The molecule has 7 heteroatoms. The molecule has 2 rings (SSSR count). The van der Waals surface area contributed by atoms with E-state index in [9.17, 15) is 20.0 Å². The zero-order valence-electron chi connectivity index (χ0n) is 11.3. The van der Waals surface area contributed by atoms with E-state index in [2.05, 4.69) is 15.9 Å². The molecule has 2 N–H and O–H groups in total. The number of rotatable bonds is 5. The van der Waals surface area contributed by atoms with Crippen LogP contribution in [0, 0.1) is 10.1 Å². The quantitative estimate of drug-likeness (QED) is 0.621. The molecule has 0 aliphatic rings. The number of nitrogens with zero attached hydrogens (tertiary/aromatic N) is 1. The molecule has 0 spiro atoms. The van der Waals surface area contributed by atoms with Gasteiger partial charge in [0.05, 0.1) is 11.3 Å². The van der Waals surface area contributed by atoms with E-state index in [1.54, 1.807) is 30.3 Å². The highest BCUT2D eigenvalue weighted by Crippen LogP contribution is 2.41. The van der Waals surface area contributed by atoms with Gasteiger partial charge in [0.15, 0.2) is 5.75 Å². The highest BCUT2D eigenvalue weighted by molar-refractivity contribution is 9.10. The molecule has 0 radical (unpaired) electrons. The van der Waals surface area contributed by atoms with Gasteiger partial charge in [-0.2, -0.15) is 0 Å². The van der Waals surface area contributed by atoms with Crippen LogP contribution in [-0.4, -0.2) is 21.1 Å². The number of nitro benzene ring substituents is 1. The lowest BCUT2D eigenvalue weighted by Gasteiger charge is -2.17. The number of halogens is 1. The lowest BCUT2D eigenvalue weighted by molar-refractivity contribution is -0.386. The van der Waals surface area contributed by atoms with Crippen molar-refractivity contribution in [2.75, 3.05) is 0 Å². The maximum Gasteiger partial charge on any atom is 0.312 e. The third-order valence-electron chi connectivity index (χ3n) is 3.24. The number of aromatic hydroxyl groups is 1. The van der Waals surface area contributed by atoms with E-state index in [1.807, 2.05) is 0 Å². The van der Waals surface area contributed by atoms with Crippen molar-refractivity contribution in [1.29, 1.82) is 0 Å². The highest BCUT2D eigenvalue weighted by Gasteiger charge is 2.26. The van der Waals surface area contributed by atoms with Crippen molar-refractivity contribution in [2.24, 2.45) is 0 Å². The van der Waals surface area contributed by atoms with Crippen molar-refractivity contribution in [3.8, 4) is 5.75 Å². The molecule has 1 atom stereocenters. The molecule has 2 aromatic carbocycles. The van der Waals surface area contributed by atoms with Gasteiger partial charge in [0.2, 0.25) is 0 Å². The Hall–Kier alpha value is -2.41. The zero-order chi connectivity index (χ0) is 16.3. The van der Waals surface area contributed by atoms with Crippen LogP contribution in [-0.2, 0) is 4.79 Å². The molecule has 0 saturated carbocycles. The first-order valence-electron chi connectivity index (χ1n) is 6.33. The Labute approximate surface area is 134 Å². The van der Waals surface area contributed by atoms with Gasteiger partial charge in [0, 0.05) is 22.0 Å². The molecular weight excluding hydrogens is 354 g/mol. The van der Waals surface area contributed by atoms with Crippen molar-refractivity contribution < 1.29 is 19.9 Å². The zero-order valence-corrected chi connectivity index (χ0v) is 12.9. The number of hydrogen-bond acceptors (Lipinski definition) is 4. The monoisotopic (exact) mass is 365 g/mol. The van der Waals surface area contributed by atoms with E-state index in [-0.39, 0.29) is 12.0 Å². The molecule has 0 aliphatic heterocycles. The van der Waals surface area contributed by atoms with Crippen molar-refractivity contribution >= 4 is 27.6 Å². The van der Waals surface area contributed by atoms with Gasteiger partial charge < -0.3 is 10.2 Å². The predicted molar refractivity (Wildman–Crippen MR) is 83.0 cm³/mol. The smallest absolute Gasteiger partial charge is 0.312 e. The molecule has 0 heterocycles. The second-order valence-electron chi connectivity index (χ2n) is 4.68. The first-order chi connectivity index (χ1) is 10.4.